The first kappa shape index (κ1) is 15.9. The monoisotopic (exact) mass is 378 g/mol. The lowest BCUT2D eigenvalue weighted by Gasteiger charge is -2.16. The molecule has 0 N–H and O–H groups in total. The smallest absolute Gasteiger partial charge is 0.132 e. The van der Waals surface area contributed by atoms with Crippen molar-refractivity contribution in [3.63, 3.8) is 0 Å². The number of hydrogen-bond donors (Lipinski definition) is 0. The van der Waals surface area contributed by atoms with Gasteiger partial charge in [-0.2, -0.15) is 0 Å². The van der Waals surface area contributed by atoms with E-state index < -0.39 is 17.0 Å². The largest absolute Gasteiger partial charge is 0.206 e. The van der Waals surface area contributed by atoms with Gasteiger partial charge in [-0.25, -0.2) is 8.78 Å². The summed E-state index contributed by atoms with van der Waals surface area (Å²) in [6.07, 6.45) is 0. The summed E-state index contributed by atoms with van der Waals surface area (Å²) in [6, 6.07) is 6.26. The number of alkyl halides is 1. The normalized spacial score (nSPS) is 13.6. The van der Waals surface area contributed by atoms with Crippen LogP contribution in [0.1, 0.15) is 41.5 Å². The standard InChI is InChI=1S/C15H14BrClF2S/c1-15(2,3)12-5-4-11(20-12)14(17)13-9(18)6-8(16)7-10(13)19/h4-7,14H,1-3H3. The Morgan fingerprint density at radius 3 is 2.15 bits per heavy atom. The second-order valence-corrected chi connectivity index (χ2v) is 8.07. The van der Waals surface area contributed by atoms with Crippen molar-refractivity contribution in [2.45, 2.75) is 31.6 Å². The highest BCUT2D eigenvalue weighted by molar-refractivity contribution is 9.10. The van der Waals surface area contributed by atoms with Gasteiger partial charge in [0.2, 0.25) is 0 Å². The predicted molar refractivity (Wildman–Crippen MR) is 84.8 cm³/mol. The molecule has 2 rings (SSSR count). The fraction of sp³-hybridized carbons (Fsp3) is 0.333. The minimum absolute atomic E-state index is 0.00364. The van der Waals surface area contributed by atoms with Crippen LogP contribution in [0.25, 0.3) is 0 Å². The summed E-state index contributed by atoms with van der Waals surface area (Å²) in [6.45, 7) is 6.27. The zero-order chi connectivity index (χ0) is 15.1. The van der Waals surface area contributed by atoms with Gasteiger partial charge in [0.05, 0.1) is 5.38 Å². The molecule has 0 fully saturated rings. The van der Waals surface area contributed by atoms with Gasteiger partial charge in [-0.15, -0.1) is 22.9 Å². The molecule has 0 amide bonds. The van der Waals surface area contributed by atoms with Gasteiger partial charge in [0.1, 0.15) is 11.6 Å². The van der Waals surface area contributed by atoms with Crippen LogP contribution in [0.4, 0.5) is 8.78 Å². The molecule has 2 aromatic rings. The van der Waals surface area contributed by atoms with Gasteiger partial charge in [-0.1, -0.05) is 36.7 Å². The molecule has 0 aliphatic heterocycles. The Labute approximate surface area is 134 Å². The van der Waals surface area contributed by atoms with E-state index in [1.54, 1.807) is 0 Å². The molecule has 0 nitrogen and oxygen atoms in total. The van der Waals surface area contributed by atoms with E-state index in [1.807, 2.05) is 12.1 Å². The molecule has 1 aromatic carbocycles. The Morgan fingerprint density at radius 2 is 1.70 bits per heavy atom. The number of halogens is 4. The second-order valence-electron chi connectivity index (χ2n) is 5.60. The van der Waals surface area contributed by atoms with E-state index in [0.29, 0.717) is 4.47 Å². The molecule has 0 spiro atoms. The quantitative estimate of drug-likeness (QED) is 0.528. The van der Waals surface area contributed by atoms with Crippen molar-refractivity contribution in [3.05, 3.63) is 55.7 Å². The van der Waals surface area contributed by atoms with Crippen LogP contribution in [0, 0.1) is 11.6 Å². The van der Waals surface area contributed by atoms with E-state index in [9.17, 15) is 8.78 Å². The first-order valence-corrected chi connectivity index (χ1v) is 8.13. The van der Waals surface area contributed by atoms with Crippen LogP contribution in [0.2, 0.25) is 0 Å². The Morgan fingerprint density at radius 1 is 1.15 bits per heavy atom. The summed E-state index contributed by atoms with van der Waals surface area (Å²) in [4.78, 5) is 1.88. The third-order valence-corrected chi connectivity index (χ3v) is 5.53. The van der Waals surface area contributed by atoms with Crippen LogP contribution in [0.3, 0.4) is 0 Å². The Balaban J connectivity index is 2.42. The molecule has 0 aliphatic rings. The maximum atomic E-state index is 13.9. The average molecular weight is 380 g/mol. The molecule has 1 aromatic heterocycles. The highest BCUT2D eigenvalue weighted by Gasteiger charge is 2.24. The number of hydrogen-bond acceptors (Lipinski definition) is 1. The van der Waals surface area contributed by atoms with Crippen molar-refractivity contribution in [2.24, 2.45) is 0 Å². The van der Waals surface area contributed by atoms with Crippen molar-refractivity contribution in [3.8, 4) is 0 Å². The van der Waals surface area contributed by atoms with Gasteiger partial charge in [0.25, 0.3) is 0 Å². The predicted octanol–water partition coefficient (Wildman–Crippen LogP) is 6.41. The van der Waals surface area contributed by atoms with Crippen molar-refractivity contribution in [2.75, 3.05) is 0 Å². The number of benzene rings is 1. The molecule has 108 valence electrons. The second kappa shape index (κ2) is 5.74. The van der Waals surface area contributed by atoms with Crippen LogP contribution in [0.15, 0.2) is 28.7 Å². The summed E-state index contributed by atoms with van der Waals surface area (Å²) in [5.41, 5.74) is -0.103. The fourth-order valence-electron chi connectivity index (χ4n) is 1.83. The number of rotatable bonds is 2. The molecule has 1 heterocycles. The molecular weight excluding hydrogens is 366 g/mol. The van der Waals surface area contributed by atoms with Crippen LogP contribution >= 0.6 is 38.9 Å². The van der Waals surface area contributed by atoms with Crippen molar-refractivity contribution < 1.29 is 8.78 Å². The van der Waals surface area contributed by atoms with Crippen LogP contribution in [0.5, 0.6) is 0 Å². The molecule has 0 bridgehead atoms. The van der Waals surface area contributed by atoms with Gasteiger partial charge in [0, 0.05) is 19.8 Å². The molecule has 0 saturated heterocycles. The molecule has 1 unspecified atom stereocenters. The first-order valence-electron chi connectivity index (χ1n) is 6.09. The van der Waals surface area contributed by atoms with E-state index in [0.717, 1.165) is 9.75 Å². The molecule has 5 heteroatoms. The maximum Gasteiger partial charge on any atom is 0.132 e. The highest BCUT2D eigenvalue weighted by Crippen LogP contribution is 2.40. The van der Waals surface area contributed by atoms with Gasteiger partial charge in [-0.3, -0.25) is 0 Å². The van der Waals surface area contributed by atoms with Gasteiger partial charge < -0.3 is 0 Å². The SMILES string of the molecule is CC(C)(C)c1ccc(C(Cl)c2c(F)cc(Br)cc2F)s1. The van der Waals surface area contributed by atoms with Crippen molar-refractivity contribution in [1.82, 2.24) is 0 Å². The molecule has 0 aliphatic carbocycles. The minimum Gasteiger partial charge on any atom is -0.206 e. The lowest BCUT2D eigenvalue weighted by molar-refractivity contribution is 0.558. The lowest BCUT2D eigenvalue weighted by atomic mass is 9.95. The fourth-order valence-corrected chi connectivity index (χ4v) is 3.70. The van der Waals surface area contributed by atoms with Gasteiger partial charge in [-0.05, 0) is 29.7 Å². The van der Waals surface area contributed by atoms with E-state index in [2.05, 4.69) is 36.7 Å². The number of thiophene rings is 1. The topological polar surface area (TPSA) is 0 Å². The minimum atomic E-state index is -0.816. The van der Waals surface area contributed by atoms with E-state index >= 15 is 0 Å². The molecule has 0 radical (unpaired) electrons. The Bertz CT molecular complexity index is 608. The van der Waals surface area contributed by atoms with Gasteiger partial charge >= 0.3 is 0 Å². The summed E-state index contributed by atoms with van der Waals surface area (Å²) in [5, 5.41) is -0.816. The Hall–Kier alpha value is -0.450. The Kier molecular flexibility index (Phi) is 4.57. The molecule has 0 saturated carbocycles. The van der Waals surface area contributed by atoms with Crippen LogP contribution < -0.4 is 0 Å². The summed E-state index contributed by atoms with van der Waals surface area (Å²) in [5.74, 6) is -1.27. The van der Waals surface area contributed by atoms with Crippen LogP contribution in [-0.4, -0.2) is 0 Å². The van der Waals surface area contributed by atoms with E-state index in [1.165, 1.54) is 23.5 Å². The zero-order valence-corrected chi connectivity index (χ0v) is 14.5. The highest BCUT2D eigenvalue weighted by atomic mass is 79.9. The third kappa shape index (κ3) is 3.23. The summed E-state index contributed by atoms with van der Waals surface area (Å²) >= 11 is 10.8. The maximum absolute atomic E-state index is 13.9. The lowest BCUT2D eigenvalue weighted by Crippen LogP contribution is -2.07. The third-order valence-electron chi connectivity index (χ3n) is 2.91. The zero-order valence-electron chi connectivity index (χ0n) is 11.3. The van der Waals surface area contributed by atoms with Gasteiger partial charge in [0.15, 0.2) is 0 Å². The molecular formula is C15H14BrClF2S. The summed E-state index contributed by atoms with van der Waals surface area (Å²) < 4.78 is 28.2. The van der Waals surface area contributed by atoms with E-state index in [4.69, 9.17) is 11.6 Å². The van der Waals surface area contributed by atoms with E-state index in [-0.39, 0.29) is 11.0 Å². The molecule has 1 atom stereocenters. The molecule has 20 heavy (non-hydrogen) atoms. The van der Waals surface area contributed by atoms with Crippen LogP contribution in [-0.2, 0) is 5.41 Å². The first-order chi connectivity index (χ1) is 9.20. The van der Waals surface area contributed by atoms with Crippen molar-refractivity contribution >= 4 is 38.9 Å². The summed E-state index contributed by atoms with van der Waals surface area (Å²) in [7, 11) is 0. The van der Waals surface area contributed by atoms with Crippen molar-refractivity contribution in [1.29, 1.82) is 0 Å². The average Bonchev–Trinajstić information content (AvgIpc) is 2.75.